The van der Waals surface area contributed by atoms with Crippen LogP contribution >= 0.6 is 15.9 Å². The van der Waals surface area contributed by atoms with Crippen LogP contribution in [0.5, 0.6) is 17.2 Å². The summed E-state index contributed by atoms with van der Waals surface area (Å²) in [4.78, 5) is 36.9. The van der Waals surface area contributed by atoms with Crippen molar-refractivity contribution in [3.8, 4) is 17.2 Å². The minimum absolute atomic E-state index is 0.241. The summed E-state index contributed by atoms with van der Waals surface area (Å²) in [5.74, 6) is -0.860. The maximum absolute atomic E-state index is 12.5. The number of benzene rings is 3. The van der Waals surface area contributed by atoms with E-state index < -0.39 is 11.8 Å². The fourth-order valence-corrected chi connectivity index (χ4v) is 3.99. The van der Waals surface area contributed by atoms with E-state index in [9.17, 15) is 14.4 Å². The molecule has 0 unspecified atom stereocenters. The molecule has 0 aliphatic heterocycles. The van der Waals surface area contributed by atoms with Gasteiger partial charge in [-0.15, -0.1) is 0 Å². The third-order valence-corrected chi connectivity index (χ3v) is 6.12. The van der Waals surface area contributed by atoms with Crippen molar-refractivity contribution in [2.75, 3.05) is 30.5 Å². The predicted molar refractivity (Wildman–Crippen MR) is 162 cm³/mol. The van der Waals surface area contributed by atoms with Gasteiger partial charge in [-0.25, -0.2) is 5.43 Å². The molecule has 0 radical (unpaired) electrons. The number of nitrogens with zero attached hydrogens (tertiary/aromatic N) is 1. The molecule has 10 nitrogen and oxygen atoms in total. The molecule has 3 aromatic rings. The summed E-state index contributed by atoms with van der Waals surface area (Å²) in [6.45, 7) is 9.82. The van der Waals surface area contributed by atoms with Crippen LogP contribution in [-0.4, -0.2) is 43.8 Å². The van der Waals surface area contributed by atoms with E-state index in [1.54, 1.807) is 42.5 Å². The van der Waals surface area contributed by atoms with Crippen molar-refractivity contribution in [3.63, 3.8) is 0 Å². The maximum atomic E-state index is 12.5. The molecule has 3 aromatic carbocycles. The molecule has 0 aliphatic carbocycles. The van der Waals surface area contributed by atoms with Crippen LogP contribution in [0.15, 0.2) is 76.8 Å². The van der Waals surface area contributed by atoms with Gasteiger partial charge in [-0.2, -0.15) is 5.10 Å². The first-order valence-corrected chi connectivity index (χ1v) is 13.4. The van der Waals surface area contributed by atoms with Gasteiger partial charge in [-0.1, -0.05) is 18.7 Å². The number of hydrogen-bond acceptors (Lipinski definition) is 7. The van der Waals surface area contributed by atoms with Crippen molar-refractivity contribution in [3.05, 3.63) is 88.4 Å². The number of hydrogen-bond donors (Lipinski definition) is 3. The second-order valence-corrected chi connectivity index (χ2v) is 9.53. The number of amides is 3. The standard InChI is InChI=1S/C30H31BrN4O6/c1-5-13-40-24-11-9-22(10-12-24)34-29(37)30(38)35-32-17-21-15-25(31)28(26(16-21)39-6-2)41-18-27(36)33-23-8-7-19(3)20(4)14-23/h5,7-12,14-17H,1,6,13,18H2,2-4H3,(H,33,36)(H,34,37)(H,35,38)/b32-17-. The molecule has 11 heteroatoms. The van der Waals surface area contributed by atoms with Crippen LogP contribution in [0.25, 0.3) is 0 Å². The second-order valence-electron chi connectivity index (χ2n) is 8.68. The van der Waals surface area contributed by atoms with Crippen LogP contribution in [0.3, 0.4) is 0 Å². The Morgan fingerprint density at radius 2 is 1.63 bits per heavy atom. The van der Waals surface area contributed by atoms with Crippen LogP contribution in [0.1, 0.15) is 23.6 Å². The van der Waals surface area contributed by atoms with Crippen molar-refractivity contribution in [2.24, 2.45) is 5.10 Å². The molecule has 3 amide bonds. The van der Waals surface area contributed by atoms with Gasteiger partial charge >= 0.3 is 11.8 Å². The number of rotatable bonds is 12. The molecule has 0 bridgehead atoms. The molecule has 214 valence electrons. The highest BCUT2D eigenvalue weighted by atomic mass is 79.9. The molecular weight excluding hydrogens is 592 g/mol. The highest BCUT2D eigenvalue weighted by Crippen LogP contribution is 2.36. The molecule has 3 rings (SSSR count). The zero-order valence-corrected chi connectivity index (χ0v) is 24.5. The summed E-state index contributed by atoms with van der Waals surface area (Å²) in [5, 5.41) is 9.16. The summed E-state index contributed by atoms with van der Waals surface area (Å²) in [5.41, 5.74) is 6.04. The van der Waals surface area contributed by atoms with Gasteiger partial charge in [0.15, 0.2) is 18.1 Å². The van der Waals surface area contributed by atoms with Gasteiger partial charge in [-0.3, -0.25) is 14.4 Å². The molecule has 0 fully saturated rings. The van der Waals surface area contributed by atoms with Crippen LogP contribution in [0, 0.1) is 13.8 Å². The van der Waals surface area contributed by atoms with Gasteiger partial charge in [-0.05, 0) is 102 Å². The third-order valence-electron chi connectivity index (χ3n) is 5.54. The van der Waals surface area contributed by atoms with E-state index in [2.05, 4.69) is 43.7 Å². The van der Waals surface area contributed by atoms with E-state index in [1.165, 1.54) is 6.21 Å². The van der Waals surface area contributed by atoms with Crippen molar-refractivity contribution in [1.29, 1.82) is 0 Å². The molecule has 0 atom stereocenters. The molecular formula is C30H31BrN4O6. The minimum atomic E-state index is -0.952. The molecule has 0 aliphatic rings. The SMILES string of the molecule is C=CCOc1ccc(NC(=O)C(=O)N/N=C\c2cc(Br)c(OCC(=O)Nc3ccc(C)c(C)c3)c(OCC)c2)cc1. The van der Waals surface area contributed by atoms with E-state index in [1.807, 2.05) is 39.0 Å². The van der Waals surface area contributed by atoms with E-state index in [0.717, 1.165) is 11.1 Å². The topological polar surface area (TPSA) is 127 Å². The van der Waals surface area contributed by atoms with Crippen LogP contribution in [-0.2, 0) is 14.4 Å². The largest absolute Gasteiger partial charge is 0.490 e. The second kappa shape index (κ2) is 15.2. The Balaban J connectivity index is 1.58. The zero-order valence-electron chi connectivity index (χ0n) is 23.0. The molecule has 0 saturated heterocycles. The van der Waals surface area contributed by atoms with Crippen molar-refractivity contribution < 1.29 is 28.6 Å². The molecule has 0 aromatic heterocycles. The molecule has 41 heavy (non-hydrogen) atoms. The van der Waals surface area contributed by atoms with Gasteiger partial charge < -0.3 is 24.8 Å². The summed E-state index contributed by atoms with van der Waals surface area (Å²) < 4.78 is 17.3. The lowest BCUT2D eigenvalue weighted by Gasteiger charge is -2.15. The van der Waals surface area contributed by atoms with Gasteiger partial charge in [0, 0.05) is 11.4 Å². The van der Waals surface area contributed by atoms with Gasteiger partial charge in [0.05, 0.1) is 17.3 Å². The quantitative estimate of drug-likeness (QED) is 0.111. The lowest BCUT2D eigenvalue weighted by atomic mass is 10.1. The van der Waals surface area contributed by atoms with Crippen molar-refractivity contribution in [2.45, 2.75) is 20.8 Å². The number of carbonyl (C=O) groups is 3. The number of aryl methyl sites for hydroxylation is 2. The van der Waals surface area contributed by atoms with Gasteiger partial charge in [0.2, 0.25) is 0 Å². The lowest BCUT2D eigenvalue weighted by Crippen LogP contribution is -2.32. The molecule has 0 spiro atoms. The third kappa shape index (κ3) is 9.50. The number of carbonyl (C=O) groups excluding carboxylic acids is 3. The average molecular weight is 624 g/mol. The van der Waals surface area contributed by atoms with Crippen LogP contribution < -0.4 is 30.3 Å². The van der Waals surface area contributed by atoms with Gasteiger partial charge in [0.25, 0.3) is 5.91 Å². The highest BCUT2D eigenvalue weighted by Gasteiger charge is 2.15. The molecule has 0 saturated carbocycles. The summed E-state index contributed by atoms with van der Waals surface area (Å²) in [6.07, 6.45) is 2.97. The first-order chi connectivity index (χ1) is 19.7. The average Bonchev–Trinajstić information content (AvgIpc) is 2.94. The Hall–Kier alpha value is -4.64. The van der Waals surface area contributed by atoms with E-state index >= 15 is 0 Å². The Bertz CT molecular complexity index is 1440. The number of nitrogens with one attached hydrogen (secondary N) is 3. The van der Waals surface area contributed by atoms with Crippen molar-refractivity contribution >= 4 is 51.2 Å². The van der Waals surface area contributed by atoms with Crippen LogP contribution in [0.4, 0.5) is 11.4 Å². The van der Waals surface area contributed by atoms with Crippen molar-refractivity contribution in [1.82, 2.24) is 5.43 Å². The van der Waals surface area contributed by atoms with Gasteiger partial charge in [0.1, 0.15) is 12.4 Å². The highest BCUT2D eigenvalue weighted by molar-refractivity contribution is 9.10. The Kier molecular flexibility index (Phi) is 11.5. The maximum Gasteiger partial charge on any atom is 0.329 e. The van der Waals surface area contributed by atoms with E-state index in [-0.39, 0.29) is 12.5 Å². The fraction of sp³-hybridized carbons (Fsp3) is 0.200. The van der Waals surface area contributed by atoms with Crippen LogP contribution in [0.2, 0.25) is 0 Å². The summed E-state index contributed by atoms with van der Waals surface area (Å²) in [7, 11) is 0. The zero-order chi connectivity index (χ0) is 29.8. The first kappa shape index (κ1) is 30.9. The monoisotopic (exact) mass is 622 g/mol. The lowest BCUT2D eigenvalue weighted by molar-refractivity contribution is -0.136. The Morgan fingerprint density at radius 3 is 2.32 bits per heavy atom. The number of ether oxygens (including phenoxy) is 3. The fourth-order valence-electron chi connectivity index (χ4n) is 3.41. The molecule has 0 heterocycles. The predicted octanol–water partition coefficient (Wildman–Crippen LogP) is 5.14. The summed E-state index contributed by atoms with van der Waals surface area (Å²) >= 11 is 3.44. The smallest absolute Gasteiger partial charge is 0.329 e. The number of hydrazone groups is 1. The normalized spacial score (nSPS) is 10.5. The minimum Gasteiger partial charge on any atom is -0.490 e. The number of anilines is 2. The molecule has 3 N–H and O–H groups in total. The Morgan fingerprint density at radius 1 is 0.902 bits per heavy atom. The Labute approximate surface area is 246 Å². The first-order valence-electron chi connectivity index (χ1n) is 12.6. The van der Waals surface area contributed by atoms with E-state index in [0.29, 0.717) is 51.9 Å². The van der Waals surface area contributed by atoms with E-state index in [4.69, 9.17) is 14.2 Å². The summed E-state index contributed by atoms with van der Waals surface area (Å²) in [6, 6.07) is 15.5. The number of halogens is 1.